The number of carbonyl (C=O) groups is 3. The zero-order chi connectivity index (χ0) is 14.9. The van der Waals surface area contributed by atoms with Gasteiger partial charge in [0.2, 0.25) is 0 Å². The molecule has 2 N–H and O–H groups in total. The Morgan fingerprint density at radius 3 is 2.40 bits per heavy atom. The van der Waals surface area contributed by atoms with Gasteiger partial charge in [-0.15, -0.1) is 0 Å². The molecule has 20 heavy (non-hydrogen) atoms. The van der Waals surface area contributed by atoms with Crippen LogP contribution in [0.25, 0.3) is 10.4 Å². The van der Waals surface area contributed by atoms with Crippen molar-refractivity contribution in [1.29, 1.82) is 0 Å². The standard InChI is InChI=1S/C11H8N4O5/c12-14-13-6-1-2-7(11(18)19)8(5-6)15(20)9(16)3-4-10(15)17/h1-2,5,20H,3-4H2/p+1. The van der Waals surface area contributed by atoms with Gasteiger partial charge in [0.05, 0.1) is 12.8 Å². The van der Waals surface area contributed by atoms with Crippen LogP contribution in [0.5, 0.6) is 0 Å². The smallest absolute Gasteiger partial charge is 0.359 e. The molecule has 1 aliphatic rings. The van der Waals surface area contributed by atoms with Crippen molar-refractivity contribution in [3.63, 3.8) is 0 Å². The van der Waals surface area contributed by atoms with Gasteiger partial charge < -0.3 is 5.11 Å². The maximum atomic E-state index is 11.8. The number of aromatic carboxylic acids is 1. The minimum Gasteiger partial charge on any atom is -0.477 e. The highest BCUT2D eigenvalue weighted by atomic mass is 16.6. The molecular formula is C11H9N4O5+. The van der Waals surface area contributed by atoms with Gasteiger partial charge in [-0.25, -0.2) is 14.4 Å². The Kier molecular flexibility index (Phi) is 3.24. The molecule has 1 aromatic carbocycles. The molecule has 0 unspecified atom stereocenters. The molecule has 0 saturated carbocycles. The zero-order valence-corrected chi connectivity index (χ0v) is 10.1. The van der Waals surface area contributed by atoms with Gasteiger partial charge in [0.15, 0.2) is 5.69 Å². The van der Waals surface area contributed by atoms with E-state index in [-0.39, 0.29) is 18.5 Å². The van der Waals surface area contributed by atoms with Crippen molar-refractivity contribution in [2.45, 2.75) is 12.8 Å². The summed E-state index contributed by atoms with van der Waals surface area (Å²) in [5, 5.41) is 22.6. The van der Waals surface area contributed by atoms with Gasteiger partial charge in [0.1, 0.15) is 5.56 Å². The van der Waals surface area contributed by atoms with Crippen molar-refractivity contribution in [1.82, 2.24) is 4.65 Å². The summed E-state index contributed by atoms with van der Waals surface area (Å²) < 4.78 is -1.71. The molecule has 1 saturated heterocycles. The topological polar surface area (TPSA) is 140 Å². The van der Waals surface area contributed by atoms with Crippen LogP contribution in [0, 0.1) is 0 Å². The van der Waals surface area contributed by atoms with Crippen molar-refractivity contribution in [3.05, 3.63) is 34.2 Å². The van der Waals surface area contributed by atoms with E-state index in [1.807, 2.05) is 0 Å². The third-order valence-corrected chi connectivity index (χ3v) is 3.00. The van der Waals surface area contributed by atoms with Crippen LogP contribution in [-0.4, -0.2) is 28.1 Å². The molecule has 2 amide bonds. The van der Waals surface area contributed by atoms with E-state index >= 15 is 0 Å². The highest BCUT2D eigenvalue weighted by Crippen LogP contribution is 2.35. The minimum absolute atomic E-state index is 0.00782. The largest absolute Gasteiger partial charge is 0.477 e. The Labute approximate surface area is 111 Å². The predicted octanol–water partition coefficient (Wildman–Crippen LogP) is 1.87. The van der Waals surface area contributed by atoms with Crippen molar-refractivity contribution < 1.29 is 24.7 Å². The predicted molar refractivity (Wildman–Crippen MR) is 65.0 cm³/mol. The molecule has 1 aromatic rings. The van der Waals surface area contributed by atoms with E-state index in [4.69, 9.17) is 10.6 Å². The molecule has 2 rings (SSSR count). The number of azide groups is 1. The van der Waals surface area contributed by atoms with Crippen LogP contribution in [-0.2, 0) is 9.59 Å². The Bertz CT molecular complexity index is 661. The van der Waals surface area contributed by atoms with E-state index < -0.39 is 33.7 Å². The molecule has 1 fully saturated rings. The van der Waals surface area contributed by atoms with Crippen LogP contribution in [0.15, 0.2) is 23.3 Å². The van der Waals surface area contributed by atoms with Crippen LogP contribution in [0.3, 0.4) is 0 Å². The molecule has 9 nitrogen and oxygen atoms in total. The number of amides is 2. The number of carboxylic acid groups (broad SMARTS) is 1. The molecule has 0 spiro atoms. The number of quaternary nitrogens is 1. The summed E-state index contributed by atoms with van der Waals surface area (Å²) in [6.07, 6.45) is -0.361. The summed E-state index contributed by atoms with van der Waals surface area (Å²) >= 11 is 0. The fraction of sp³-hybridized carbons (Fsp3) is 0.182. The molecule has 0 aromatic heterocycles. The second-order valence-corrected chi connectivity index (χ2v) is 4.12. The van der Waals surface area contributed by atoms with Gasteiger partial charge in [-0.05, 0) is 16.2 Å². The SMILES string of the molecule is [N-]=[N+]=Nc1ccc(C(=O)O)c([N+]2(O)C(=O)CCC2=O)c1. The zero-order valence-electron chi connectivity index (χ0n) is 10.1. The van der Waals surface area contributed by atoms with Crippen LogP contribution in [0.2, 0.25) is 0 Å². The molecule has 0 aliphatic carbocycles. The van der Waals surface area contributed by atoms with Crippen molar-refractivity contribution in [2.24, 2.45) is 5.11 Å². The molecule has 1 heterocycles. The summed E-state index contributed by atoms with van der Waals surface area (Å²) in [4.78, 5) is 37.2. The van der Waals surface area contributed by atoms with Crippen molar-refractivity contribution >= 4 is 29.2 Å². The van der Waals surface area contributed by atoms with Gasteiger partial charge >= 0.3 is 17.8 Å². The van der Waals surface area contributed by atoms with E-state index in [0.29, 0.717) is 0 Å². The summed E-state index contributed by atoms with van der Waals surface area (Å²) in [6, 6.07) is 3.30. The highest BCUT2D eigenvalue weighted by Gasteiger charge is 2.53. The monoisotopic (exact) mass is 277 g/mol. The fourth-order valence-electron chi connectivity index (χ4n) is 2.03. The summed E-state index contributed by atoms with van der Waals surface area (Å²) in [5.74, 6) is -3.06. The molecule has 9 heteroatoms. The number of carbonyl (C=O) groups excluding carboxylic acids is 2. The Morgan fingerprint density at radius 1 is 1.30 bits per heavy atom. The first-order valence-electron chi connectivity index (χ1n) is 5.53. The third-order valence-electron chi connectivity index (χ3n) is 3.00. The average molecular weight is 277 g/mol. The number of hydrogen-bond acceptors (Lipinski definition) is 5. The van der Waals surface area contributed by atoms with Gasteiger partial charge in [-0.1, -0.05) is 11.2 Å². The first-order valence-corrected chi connectivity index (χ1v) is 5.53. The van der Waals surface area contributed by atoms with E-state index in [2.05, 4.69) is 10.0 Å². The van der Waals surface area contributed by atoms with E-state index in [1.165, 1.54) is 6.07 Å². The van der Waals surface area contributed by atoms with Crippen molar-refractivity contribution in [3.8, 4) is 0 Å². The molecule has 102 valence electrons. The highest BCUT2D eigenvalue weighted by molar-refractivity contribution is 6.14. The number of hydrogen-bond donors (Lipinski definition) is 2. The molecule has 0 radical (unpaired) electrons. The summed E-state index contributed by atoms with van der Waals surface area (Å²) in [6.45, 7) is 0. The maximum absolute atomic E-state index is 11.8. The lowest BCUT2D eigenvalue weighted by molar-refractivity contribution is -0.168. The van der Waals surface area contributed by atoms with Crippen LogP contribution < -0.4 is 4.65 Å². The molecule has 0 atom stereocenters. The van der Waals surface area contributed by atoms with Gasteiger partial charge in [-0.3, -0.25) is 0 Å². The van der Waals surface area contributed by atoms with E-state index in [9.17, 15) is 19.6 Å². The maximum Gasteiger partial charge on any atom is 0.359 e. The van der Waals surface area contributed by atoms with Crippen LogP contribution in [0.4, 0.5) is 11.4 Å². The van der Waals surface area contributed by atoms with Crippen LogP contribution in [0.1, 0.15) is 23.2 Å². The number of rotatable bonds is 3. The van der Waals surface area contributed by atoms with Crippen LogP contribution >= 0.6 is 0 Å². The second kappa shape index (κ2) is 4.74. The number of hydroxylamine groups is 2. The van der Waals surface area contributed by atoms with Gasteiger partial charge in [-0.2, -0.15) is 5.21 Å². The number of carboxylic acids is 1. The lowest BCUT2D eigenvalue weighted by atomic mass is 10.1. The lowest BCUT2D eigenvalue weighted by Gasteiger charge is -2.20. The van der Waals surface area contributed by atoms with Gasteiger partial charge in [0.25, 0.3) is 0 Å². The quantitative estimate of drug-likeness (QED) is 0.216. The normalized spacial score (nSPS) is 16.9. The third kappa shape index (κ3) is 1.91. The van der Waals surface area contributed by atoms with Gasteiger partial charge in [0, 0.05) is 16.7 Å². The van der Waals surface area contributed by atoms with E-state index in [1.54, 1.807) is 0 Å². The summed E-state index contributed by atoms with van der Waals surface area (Å²) in [7, 11) is 0. The Balaban J connectivity index is 2.73. The van der Waals surface area contributed by atoms with E-state index in [0.717, 1.165) is 12.1 Å². The number of nitrogens with zero attached hydrogens (tertiary/aromatic N) is 4. The summed E-state index contributed by atoms with van der Waals surface area (Å²) in [5.41, 5.74) is 7.52. The first kappa shape index (κ1) is 13.7. The minimum atomic E-state index is -1.71. The molecule has 0 bridgehead atoms. The molecular weight excluding hydrogens is 268 g/mol. The number of benzene rings is 1. The fourth-order valence-corrected chi connectivity index (χ4v) is 2.03. The molecule has 1 aliphatic heterocycles. The lowest BCUT2D eigenvalue weighted by Crippen LogP contribution is -2.51. The number of imide groups is 1. The average Bonchev–Trinajstić information content (AvgIpc) is 2.67. The second-order valence-electron chi connectivity index (χ2n) is 4.12. The Hall–Kier alpha value is -2.74. The first-order chi connectivity index (χ1) is 9.41. The van der Waals surface area contributed by atoms with Crippen molar-refractivity contribution in [2.75, 3.05) is 0 Å². The Morgan fingerprint density at radius 2 is 1.90 bits per heavy atom.